The summed E-state index contributed by atoms with van der Waals surface area (Å²) in [6.45, 7) is 1.80. The Balaban J connectivity index is 1.89. The number of anilines is 1. The Morgan fingerprint density at radius 3 is 2.47 bits per heavy atom. The van der Waals surface area contributed by atoms with Crippen LogP contribution in [0.3, 0.4) is 0 Å². The van der Waals surface area contributed by atoms with E-state index in [1.807, 2.05) is 0 Å². The van der Waals surface area contributed by atoms with Crippen LogP contribution in [0.15, 0.2) is 53.8 Å². The number of carbonyl (C=O) groups is 1. The monoisotopic (exact) mass is 503 g/mol. The third kappa shape index (κ3) is 5.56. The highest BCUT2D eigenvalue weighted by molar-refractivity contribution is 7.90. The molecule has 1 aromatic heterocycles. The number of nitrogens with one attached hydrogen (secondary N) is 1. The van der Waals surface area contributed by atoms with E-state index in [-0.39, 0.29) is 10.7 Å². The van der Waals surface area contributed by atoms with Crippen LogP contribution in [-0.2, 0) is 21.8 Å². The zero-order chi connectivity index (χ0) is 23.7. The number of aromatic nitrogens is 2. The van der Waals surface area contributed by atoms with Gasteiger partial charge < -0.3 is 5.32 Å². The van der Waals surface area contributed by atoms with E-state index in [2.05, 4.69) is 15.3 Å². The number of carbonyl (C=O) groups excluding carboxylic acids is 1. The molecule has 0 saturated carbocycles. The van der Waals surface area contributed by atoms with Gasteiger partial charge in [-0.2, -0.15) is 13.2 Å². The zero-order valence-electron chi connectivity index (χ0n) is 16.2. The average molecular weight is 504 g/mol. The van der Waals surface area contributed by atoms with Crippen molar-refractivity contribution in [1.29, 1.82) is 0 Å². The van der Waals surface area contributed by atoms with E-state index in [1.165, 1.54) is 0 Å². The molecule has 0 bridgehead atoms. The van der Waals surface area contributed by atoms with Crippen LogP contribution in [0.1, 0.15) is 27.2 Å². The van der Waals surface area contributed by atoms with Crippen LogP contribution < -0.4 is 5.32 Å². The smallest absolute Gasteiger partial charge is 0.321 e. The maximum Gasteiger partial charge on any atom is 0.417 e. The number of sulfone groups is 1. The van der Waals surface area contributed by atoms with E-state index < -0.39 is 49.1 Å². The lowest BCUT2D eigenvalue weighted by Gasteiger charge is -2.12. The van der Waals surface area contributed by atoms with Gasteiger partial charge in [0, 0.05) is 5.69 Å². The topological polar surface area (TPSA) is 89.0 Å². The van der Waals surface area contributed by atoms with Gasteiger partial charge in [-0.1, -0.05) is 53.0 Å². The van der Waals surface area contributed by atoms with Crippen LogP contribution >= 0.6 is 23.2 Å². The molecular weight excluding hydrogens is 490 g/mol. The summed E-state index contributed by atoms with van der Waals surface area (Å²) in [5.41, 5.74) is -0.530. The fraction of sp³-hybridized carbons (Fsp3) is 0.150. The van der Waals surface area contributed by atoms with Crippen LogP contribution in [0.2, 0.25) is 10.0 Å². The SMILES string of the molecule is Cc1cccc(CS(=O)(=O)c2ncc(Cl)c(C(=O)Nc3ccc(Cl)c(C(F)(F)F)c3)n2)c1. The fourth-order valence-electron chi connectivity index (χ4n) is 2.76. The first-order valence-electron chi connectivity index (χ1n) is 8.86. The molecule has 0 aliphatic rings. The Bertz CT molecular complexity index is 1300. The summed E-state index contributed by atoms with van der Waals surface area (Å²) < 4.78 is 64.5. The Labute approximate surface area is 191 Å². The molecule has 32 heavy (non-hydrogen) atoms. The molecule has 1 N–H and O–H groups in total. The van der Waals surface area contributed by atoms with Crippen LogP contribution in [-0.4, -0.2) is 24.3 Å². The first-order chi connectivity index (χ1) is 14.9. The van der Waals surface area contributed by atoms with Gasteiger partial charge in [0.05, 0.1) is 27.6 Å². The van der Waals surface area contributed by atoms with Gasteiger partial charge in [-0.15, -0.1) is 0 Å². The molecule has 168 valence electrons. The second-order valence-corrected chi connectivity index (χ2v) is 9.44. The highest BCUT2D eigenvalue weighted by Crippen LogP contribution is 2.36. The molecule has 3 aromatic rings. The number of hydrogen-bond acceptors (Lipinski definition) is 5. The first kappa shape index (κ1) is 24.0. The number of alkyl halides is 3. The van der Waals surface area contributed by atoms with Gasteiger partial charge in [-0.05, 0) is 30.7 Å². The van der Waals surface area contributed by atoms with Gasteiger partial charge in [0.15, 0.2) is 5.69 Å². The van der Waals surface area contributed by atoms with Gasteiger partial charge in [0.2, 0.25) is 15.0 Å². The average Bonchev–Trinajstić information content (AvgIpc) is 2.68. The lowest BCUT2D eigenvalue weighted by molar-refractivity contribution is -0.137. The van der Waals surface area contributed by atoms with Crippen LogP contribution in [0.5, 0.6) is 0 Å². The number of halogens is 5. The summed E-state index contributed by atoms with van der Waals surface area (Å²) in [4.78, 5) is 20.0. The number of aryl methyl sites for hydroxylation is 1. The third-order valence-electron chi connectivity index (χ3n) is 4.18. The van der Waals surface area contributed by atoms with E-state index in [9.17, 15) is 26.4 Å². The normalized spacial score (nSPS) is 11.9. The van der Waals surface area contributed by atoms with Crippen molar-refractivity contribution in [1.82, 2.24) is 9.97 Å². The van der Waals surface area contributed by atoms with E-state index in [1.54, 1.807) is 31.2 Å². The predicted octanol–water partition coefficient (Wildman–Crippen LogP) is 5.34. The number of amides is 1. The van der Waals surface area contributed by atoms with Crippen LogP contribution in [0.25, 0.3) is 0 Å². The Morgan fingerprint density at radius 2 is 1.81 bits per heavy atom. The molecule has 0 radical (unpaired) electrons. The van der Waals surface area contributed by atoms with E-state index in [0.29, 0.717) is 11.6 Å². The second-order valence-electron chi connectivity index (χ2n) is 6.74. The standard InChI is InChI=1S/C20H14Cl2F3N3O3S/c1-11-3-2-4-12(7-11)10-32(30,31)19-26-9-16(22)17(28-19)18(29)27-13-5-6-15(21)14(8-13)20(23,24)25/h2-9H,10H2,1H3,(H,27,29). The summed E-state index contributed by atoms with van der Waals surface area (Å²) in [5, 5.41) is 0.752. The lowest BCUT2D eigenvalue weighted by atomic mass is 10.2. The fourth-order valence-corrected chi connectivity index (χ4v) is 4.35. The summed E-state index contributed by atoms with van der Waals surface area (Å²) >= 11 is 11.5. The van der Waals surface area contributed by atoms with Crippen molar-refractivity contribution in [2.45, 2.75) is 24.0 Å². The van der Waals surface area contributed by atoms with E-state index >= 15 is 0 Å². The highest BCUT2D eigenvalue weighted by Gasteiger charge is 2.33. The molecule has 12 heteroatoms. The number of hydrogen-bond donors (Lipinski definition) is 1. The molecule has 0 atom stereocenters. The van der Waals surface area contributed by atoms with Gasteiger partial charge >= 0.3 is 6.18 Å². The van der Waals surface area contributed by atoms with Crippen molar-refractivity contribution in [3.8, 4) is 0 Å². The highest BCUT2D eigenvalue weighted by atomic mass is 35.5. The Kier molecular flexibility index (Phi) is 6.77. The molecule has 0 saturated heterocycles. The summed E-state index contributed by atoms with van der Waals surface area (Å²) in [6, 6.07) is 9.57. The van der Waals surface area contributed by atoms with Gasteiger partial charge in [0.1, 0.15) is 0 Å². The van der Waals surface area contributed by atoms with Crippen LogP contribution in [0, 0.1) is 6.92 Å². The van der Waals surface area contributed by atoms with E-state index in [0.717, 1.165) is 23.9 Å². The van der Waals surface area contributed by atoms with Crippen molar-refractivity contribution in [3.63, 3.8) is 0 Å². The second kappa shape index (κ2) is 9.05. The maximum atomic E-state index is 13.0. The third-order valence-corrected chi connectivity index (χ3v) is 6.26. The minimum Gasteiger partial charge on any atom is -0.321 e. The van der Waals surface area contributed by atoms with Gasteiger partial charge in [0.25, 0.3) is 5.91 Å². The maximum absolute atomic E-state index is 13.0. The quantitative estimate of drug-likeness (QED) is 0.474. The van der Waals surface area contributed by atoms with Crippen molar-refractivity contribution in [3.05, 3.63) is 81.1 Å². The lowest BCUT2D eigenvalue weighted by Crippen LogP contribution is -2.18. The minimum absolute atomic E-state index is 0.231. The van der Waals surface area contributed by atoms with Gasteiger partial charge in [-0.25, -0.2) is 18.4 Å². The zero-order valence-corrected chi connectivity index (χ0v) is 18.6. The number of rotatable bonds is 5. The van der Waals surface area contributed by atoms with Crippen molar-refractivity contribution >= 4 is 44.6 Å². The minimum atomic E-state index is -4.73. The summed E-state index contributed by atoms with van der Waals surface area (Å²) in [5.74, 6) is -1.43. The molecule has 0 spiro atoms. The summed E-state index contributed by atoms with van der Waals surface area (Å²) in [6.07, 6.45) is -3.79. The number of nitrogens with zero attached hydrogens (tertiary/aromatic N) is 2. The first-order valence-corrected chi connectivity index (χ1v) is 11.3. The molecule has 0 unspecified atom stereocenters. The van der Waals surface area contributed by atoms with Crippen molar-refractivity contribution < 1.29 is 26.4 Å². The van der Waals surface area contributed by atoms with Crippen molar-refractivity contribution in [2.24, 2.45) is 0 Å². The molecule has 1 heterocycles. The Morgan fingerprint density at radius 1 is 1.09 bits per heavy atom. The largest absolute Gasteiger partial charge is 0.417 e. The van der Waals surface area contributed by atoms with Gasteiger partial charge in [-0.3, -0.25) is 4.79 Å². The number of benzene rings is 2. The molecule has 2 aromatic carbocycles. The molecule has 1 amide bonds. The van der Waals surface area contributed by atoms with E-state index in [4.69, 9.17) is 23.2 Å². The Hall–Kier alpha value is -2.69. The predicted molar refractivity (Wildman–Crippen MR) is 114 cm³/mol. The molecular formula is C20H14Cl2F3N3O3S. The molecule has 0 fully saturated rings. The van der Waals surface area contributed by atoms with Crippen molar-refractivity contribution in [2.75, 3.05) is 5.32 Å². The molecule has 0 aliphatic carbocycles. The molecule has 3 rings (SSSR count). The summed E-state index contributed by atoms with van der Waals surface area (Å²) in [7, 11) is -4.03. The van der Waals surface area contributed by atoms with Crippen LogP contribution in [0.4, 0.5) is 18.9 Å². The molecule has 0 aliphatic heterocycles. The molecule has 6 nitrogen and oxygen atoms in total.